The minimum Gasteiger partial charge on any atom is -0.480 e. The van der Waals surface area contributed by atoms with Crippen molar-refractivity contribution in [2.45, 2.75) is 30.2 Å². The molecule has 9 heteroatoms. The van der Waals surface area contributed by atoms with Crippen LogP contribution < -0.4 is 0 Å². The first-order valence-corrected chi connectivity index (χ1v) is 7.78. The number of rotatable bonds is 4. The number of para-hydroxylation sites is 1. The molecule has 0 spiro atoms. The van der Waals surface area contributed by atoms with E-state index in [0.717, 1.165) is 16.4 Å². The molecule has 0 saturated carbocycles. The fraction of sp³-hybridized carbons (Fsp3) is 0.417. The van der Waals surface area contributed by atoms with E-state index in [9.17, 15) is 23.3 Å². The third-order valence-electron chi connectivity index (χ3n) is 3.39. The van der Waals surface area contributed by atoms with E-state index in [0.29, 0.717) is 12.8 Å². The zero-order valence-corrected chi connectivity index (χ0v) is 11.8. The van der Waals surface area contributed by atoms with Crippen LogP contribution in [0.25, 0.3) is 0 Å². The molecule has 1 unspecified atom stereocenters. The highest BCUT2D eigenvalue weighted by molar-refractivity contribution is 7.89. The van der Waals surface area contributed by atoms with Gasteiger partial charge in [-0.1, -0.05) is 12.1 Å². The van der Waals surface area contributed by atoms with Crippen molar-refractivity contribution in [1.29, 1.82) is 0 Å². The van der Waals surface area contributed by atoms with Crippen molar-refractivity contribution in [3.05, 3.63) is 34.4 Å². The summed E-state index contributed by atoms with van der Waals surface area (Å²) in [5, 5.41) is 20.1. The van der Waals surface area contributed by atoms with E-state index in [1.807, 2.05) is 0 Å². The summed E-state index contributed by atoms with van der Waals surface area (Å²) in [6, 6.07) is 3.78. The molecule has 1 fully saturated rings. The van der Waals surface area contributed by atoms with Crippen LogP contribution in [-0.4, -0.2) is 41.3 Å². The van der Waals surface area contributed by atoms with Crippen molar-refractivity contribution < 1.29 is 23.2 Å². The van der Waals surface area contributed by atoms with Crippen molar-refractivity contribution in [3.63, 3.8) is 0 Å². The molecule has 1 atom stereocenters. The van der Waals surface area contributed by atoms with Crippen molar-refractivity contribution in [2.75, 3.05) is 6.54 Å². The largest absolute Gasteiger partial charge is 0.480 e. The Morgan fingerprint density at radius 3 is 2.62 bits per heavy atom. The first kappa shape index (κ1) is 15.4. The lowest BCUT2D eigenvalue weighted by Crippen LogP contribution is -2.47. The molecule has 0 amide bonds. The van der Waals surface area contributed by atoms with E-state index < -0.39 is 37.5 Å². The average Bonchev–Trinajstić information content (AvgIpc) is 2.47. The molecule has 8 nitrogen and oxygen atoms in total. The Bertz CT molecular complexity index is 672. The van der Waals surface area contributed by atoms with E-state index in [2.05, 4.69) is 0 Å². The Balaban J connectivity index is 2.51. The lowest BCUT2D eigenvalue weighted by Gasteiger charge is -2.31. The van der Waals surface area contributed by atoms with E-state index >= 15 is 0 Å². The van der Waals surface area contributed by atoms with Gasteiger partial charge in [0, 0.05) is 12.6 Å². The van der Waals surface area contributed by atoms with Crippen LogP contribution in [0.5, 0.6) is 0 Å². The number of nitro benzene ring substituents is 1. The fourth-order valence-corrected chi connectivity index (χ4v) is 4.20. The molecule has 1 aliphatic rings. The van der Waals surface area contributed by atoms with Crippen molar-refractivity contribution in [1.82, 2.24) is 4.31 Å². The summed E-state index contributed by atoms with van der Waals surface area (Å²) in [6.07, 6.45) is 1.35. The summed E-state index contributed by atoms with van der Waals surface area (Å²) >= 11 is 0. The monoisotopic (exact) mass is 314 g/mol. The molecule has 1 aromatic rings. The van der Waals surface area contributed by atoms with E-state index in [1.54, 1.807) is 0 Å². The summed E-state index contributed by atoms with van der Waals surface area (Å²) in [6.45, 7) is 0.0470. The molecule has 2 rings (SSSR count). The predicted octanol–water partition coefficient (Wildman–Crippen LogP) is 1.22. The Kier molecular flexibility index (Phi) is 4.24. The quantitative estimate of drug-likeness (QED) is 0.659. The van der Waals surface area contributed by atoms with E-state index in [1.165, 1.54) is 12.1 Å². The van der Waals surface area contributed by atoms with Crippen LogP contribution in [0, 0.1) is 10.1 Å². The van der Waals surface area contributed by atoms with Gasteiger partial charge in [-0.25, -0.2) is 8.42 Å². The Hall–Kier alpha value is -2.00. The minimum atomic E-state index is -4.22. The molecular formula is C12H14N2O6S. The summed E-state index contributed by atoms with van der Waals surface area (Å²) in [5.74, 6) is -1.24. The molecule has 114 valence electrons. The molecule has 1 aliphatic heterocycles. The van der Waals surface area contributed by atoms with Gasteiger partial charge in [0.1, 0.15) is 6.04 Å². The number of carboxylic acid groups (broad SMARTS) is 1. The first-order valence-electron chi connectivity index (χ1n) is 6.34. The maximum atomic E-state index is 12.6. The normalized spacial score (nSPS) is 20.1. The first-order chi connectivity index (χ1) is 9.85. The molecule has 0 bridgehead atoms. The van der Waals surface area contributed by atoms with Gasteiger partial charge in [0.05, 0.1) is 4.92 Å². The van der Waals surface area contributed by atoms with Gasteiger partial charge in [-0.3, -0.25) is 14.9 Å². The van der Waals surface area contributed by atoms with Crippen LogP contribution in [0.2, 0.25) is 0 Å². The zero-order chi connectivity index (χ0) is 15.6. The van der Waals surface area contributed by atoms with Gasteiger partial charge < -0.3 is 5.11 Å². The van der Waals surface area contributed by atoms with Crippen LogP contribution in [0.4, 0.5) is 5.69 Å². The second-order valence-electron chi connectivity index (χ2n) is 4.69. The molecule has 1 N–H and O–H groups in total. The van der Waals surface area contributed by atoms with Gasteiger partial charge >= 0.3 is 5.97 Å². The molecule has 21 heavy (non-hydrogen) atoms. The van der Waals surface area contributed by atoms with Crippen LogP contribution in [-0.2, 0) is 14.8 Å². The Morgan fingerprint density at radius 2 is 2.00 bits per heavy atom. The third-order valence-corrected chi connectivity index (χ3v) is 5.34. The summed E-state index contributed by atoms with van der Waals surface area (Å²) in [5.41, 5.74) is -0.549. The maximum absolute atomic E-state index is 12.6. The van der Waals surface area contributed by atoms with Gasteiger partial charge in [0.15, 0.2) is 4.90 Å². The number of nitrogens with zero attached hydrogens (tertiary/aromatic N) is 2. The highest BCUT2D eigenvalue weighted by atomic mass is 32.2. The van der Waals surface area contributed by atoms with Crippen molar-refractivity contribution >= 4 is 21.7 Å². The predicted molar refractivity (Wildman–Crippen MR) is 72.3 cm³/mol. The summed E-state index contributed by atoms with van der Waals surface area (Å²) in [7, 11) is -4.22. The number of benzene rings is 1. The molecular weight excluding hydrogens is 300 g/mol. The number of aliphatic carboxylic acids is 1. The number of carbonyl (C=O) groups is 1. The maximum Gasteiger partial charge on any atom is 0.322 e. The molecule has 0 aromatic heterocycles. The topological polar surface area (TPSA) is 118 Å². The second kappa shape index (κ2) is 5.78. The van der Waals surface area contributed by atoms with Crippen LogP contribution >= 0.6 is 0 Å². The van der Waals surface area contributed by atoms with Gasteiger partial charge in [0.25, 0.3) is 15.7 Å². The van der Waals surface area contributed by atoms with Crippen LogP contribution in [0.1, 0.15) is 19.3 Å². The smallest absolute Gasteiger partial charge is 0.322 e. The number of hydrogen-bond acceptors (Lipinski definition) is 5. The van der Waals surface area contributed by atoms with Crippen LogP contribution in [0.3, 0.4) is 0 Å². The number of carboxylic acids is 1. The van der Waals surface area contributed by atoms with Gasteiger partial charge in [-0.15, -0.1) is 0 Å². The standard InChI is InChI=1S/C12H14N2O6S/c15-12(16)10-6-3-4-8-13(10)21(19,20)11-7-2-1-5-9(11)14(17)18/h1-2,5,7,10H,3-4,6,8H2,(H,15,16). The molecule has 1 saturated heterocycles. The zero-order valence-electron chi connectivity index (χ0n) is 11.0. The number of sulfonamides is 1. The van der Waals surface area contributed by atoms with E-state index in [4.69, 9.17) is 5.11 Å². The van der Waals surface area contributed by atoms with Crippen molar-refractivity contribution in [3.8, 4) is 0 Å². The summed E-state index contributed by atoms with van der Waals surface area (Å²) < 4.78 is 26.0. The molecule has 0 aliphatic carbocycles. The van der Waals surface area contributed by atoms with E-state index in [-0.39, 0.29) is 13.0 Å². The summed E-state index contributed by atoms with van der Waals surface area (Å²) in [4.78, 5) is 20.9. The number of nitro groups is 1. The second-order valence-corrected chi connectivity index (χ2v) is 6.55. The Labute approximate surface area is 121 Å². The SMILES string of the molecule is O=C(O)C1CCCCN1S(=O)(=O)c1ccccc1[N+](=O)[O-]. The lowest BCUT2D eigenvalue weighted by molar-refractivity contribution is -0.387. The number of piperidine rings is 1. The molecule has 1 aromatic carbocycles. The number of hydrogen-bond donors (Lipinski definition) is 1. The third kappa shape index (κ3) is 2.88. The van der Waals surface area contributed by atoms with Crippen molar-refractivity contribution in [2.24, 2.45) is 0 Å². The highest BCUT2D eigenvalue weighted by Gasteiger charge is 2.40. The average molecular weight is 314 g/mol. The van der Waals surface area contributed by atoms with Gasteiger partial charge in [-0.05, 0) is 25.3 Å². The van der Waals surface area contributed by atoms with Gasteiger partial charge in [0.2, 0.25) is 0 Å². The molecule has 1 heterocycles. The molecule has 0 radical (unpaired) electrons. The Morgan fingerprint density at radius 1 is 1.33 bits per heavy atom. The van der Waals surface area contributed by atoms with Crippen LogP contribution in [0.15, 0.2) is 29.2 Å². The highest BCUT2D eigenvalue weighted by Crippen LogP contribution is 2.30. The minimum absolute atomic E-state index is 0.0470. The lowest BCUT2D eigenvalue weighted by atomic mass is 10.1. The fourth-order valence-electron chi connectivity index (χ4n) is 2.39. The van der Waals surface area contributed by atoms with Gasteiger partial charge in [-0.2, -0.15) is 4.31 Å².